The van der Waals surface area contributed by atoms with Gasteiger partial charge in [0.1, 0.15) is 0 Å². The van der Waals surface area contributed by atoms with Crippen LogP contribution in [0.15, 0.2) is 29.4 Å². The van der Waals surface area contributed by atoms with E-state index < -0.39 is 4.92 Å². The Morgan fingerprint density at radius 3 is 2.61 bits per heavy atom. The molecule has 0 aliphatic carbocycles. The van der Waals surface area contributed by atoms with Gasteiger partial charge < -0.3 is 9.94 Å². The maximum absolute atomic E-state index is 10.5. The van der Waals surface area contributed by atoms with E-state index >= 15 is 0 Å². The van der Waals surface area contributed by atoms with Crippen LogP contribution in [0.2, 0.25) is 0 Å². The molecule has 6 nitrogen and oxygen atoms in total. The van der Waals surface area contributed by atoms with Gasteiger partial charge in [0.2, 0.25) is 4.38 Å². The Morgan fingerprint density at radius 2 is 2.17 bits per heavy atom. The molecular formula is C10H10N2O4S2. The molecule has 0 atom stereocenters. The Balaban J connectivity index is 2.77. The van der Waals surface area contributed by atoms with Crippen molar-refractivity contribution in [2.24, 2.45) is 5.16 Å². The van der Waals surface area contributed by atoms with Crippen molar-refractivity contribution in [1.82, 2.24) is 0 Å². The van der Waals surface area contributed by atoms with Crippen molar-refractivity contribution in [1.29, 1.82) is 0 Å². The van der Waals surface area contributed by atoms with Crippen LogP contribution in [0.5, 0.6) is 0 Å². The highest BCUT2D eigenvalue weighted by molar-refractivity contribution is 8.23. The Bertz CT molecular complexity index is 473. The Hall–Kier alpha value is -1.67. The smallest absolute Gasteiger partial charge is 0.269 e. The summed E-state index contributed by atoms with van der Waals surface area (Å²) in [5, 5.41) is 22.5. The Morgan fingerprint density at radius 1 is 1.56 bits per heavy atom. The van der Waals surface area contributed by atoms with Crippen molar-refractivity contribution in [3.05, 3.63) is 39.9 Å². The number of non-ortho nitro benzene ring substituents is 1. The van der Waals surface area contributed by atoms with Crippen molar-refractivity contribution in [3.63, 3.8) is 0 Å². The van der Waals surface area contributed by atoms with Gasteiger partial charge in [-0.25, -0.2) is 0 Å². The van der Waals surface area contributed by atoms with Crippen molar-refractivity contribution in [2.45, 2.75) is 0 Å². The standard InChI is InChI=1S/C10H10N2O4S2/c1-16-10(17)18-6-9(11-13)7-2-4-8(5-3-7)12(14)15/h2-5,13H,6H2,1H3/b11-9-. The molecule has 0 bridgehead atoms. The molecule has 1 aromatic carbocycles. The highest BCUT2D eigenvalue weighted by atomic mass is 32.2. The maximum Gasteiger partial charge on any atom is 0.269 e. The van der Waals surface area contributed by atoms with E-state index in [0.717, 1.165) is 0 Å². The summed E-state index contributed by atoms with van der Waals surface area (Å²) < 4.78 is 5.13. The summed E-state index contributed by atoms with van der Waals surface area (Å²) in [6.07, 6.45) is 0. The van der Waals surface area contributed by atoms with Crippen molar-refractivity contribution >= 4 is 39.8 Å². The zero-order valence-electron chi connectivity index (χ0n) is 9.40. The highest BCUT2D eigenvalue weighted by Gasteiger charge is 2.10. The summed E-state index contributed by atoms with van der Waals surface area (Å²) in [4.78, 5) is 10.0. The third kappa shape index (κ3) is 3.97. The molecule has 0 aliphatic heterocycles. The molecule has 0 spiro atoms. The largest absolute Gasteiger partial charge is 0.482 e. The van der Waals surface area contributed by atoms with Crippen LogP contribution in [0.25, 0.3) is 0 Å². The minimum absolute atomic E-state index is 0.0175. The van der Waals surface area contributed by atoms with E-state index in [1.54, 1.807) is 0 Å². The normalized spacial score (nSPS) is 11.1. The monoisotopic (exact) mass is 286 g/mol. The summed E-state index contributed by atoms with van der Waals surface area (Å²) in [6, 6.07) is 5.73. The molecule has 0 aromatic heterocycles. The van der Waals surface area contributed by atoms with Crippen LogP contribution in [0, 0.1) is 10.1 Å². The first kappa shape index (κ1) is 14.4. The minimum atomic E-state index is -0.492. The Kier molecular flexibility index (Phi) is 5.53. The van der Waals surface area contributed by atoms with Crippen LogP contribution in [0.1, 0.15) is 5.56 Å². The van der Waals surface area contributed by atoms with E-state index in [9.17, 15) is 10.1 Å². The molecule has 0 saturated carbocycles. The lowest BCUT2D eigenvalue weighted by Crippen LogP contribution is -2.07. The summed E-state index contributed by atoms with van der Waals surface area (Å²) in [7, 11) is 1.46. The molecule has 0 fully saturated rings. The molecule has 18 heavy (non-hydrogen) atoms. The number of thioether (sulfide) groups is 1. The summed E-state index contributed by atoms with van der Waals surface area (Å²) in [6.45, 7) is 0. The predicted octanol–water partition coefficient (Wildman–Crippen LogP) is 2.44. The quantitative estimate of drug-likeness (QED) is 0.301. The molecule has 0 amide bonds. The van der Waals surface area contributed by atoms with Crippen LogP contribution in [0.4, 0.5) is 5.69 Å². The molecule has 96 valence electrons. The van der Waals surface area contributed by atoms with Crippen LogP contribution >= 0.6 is 24.0 Å². The first-order valence-corrected chi connectivity index (χ1v) is 6.14. The third-order valence-electron chi connectivity index (χ3n) is 2.03. The second-order valence-electron chi connectivity index (χ2n) is 3.09. The second kappa shape index (κ2) is 6.92. The number of ether oxygens (including phenoxy) is 1. The molecule has 0 radical (unpaired) electrons. The van der Waals surface area contributed by atoms with Crippen molar-refractivity contribution in [3.8, 4) is 0 Å². The fourth-order valence-electron chi connectivity index (χ4n) is 1.13. The third-order valence-corrected chi connectivity index (χ3v) is 3.37. The van der Waals surface area contributed by atoms with Crippen LogP contribution in [0.3, 0.4) is 0 Å². The first-order chi connectivity index (χ1) is 8.58. The zero-order valence-corrected chi connectivity index (χ0v) is 11.0. The molecule has 0 unspecified atom stereocenters. The number of hydrogen-bond acceptors (Lipinski definition) is 7. The van der Waals surface area contributed by atoms with Gasteiger partial charge in [0.15, 0.2) is 0 Å². The van der Waals surface area contributed by atoms with Gasteiger partial charge in [0.05, 0.1) is 17.7 Å². The topological polar surface area (TPSA) is 85.0 Å². The van der Waals surface area contributed by atoms with Gasteiger partial charge >= 0.3 is 0 Å². The average molecular weight is 286 g/mol. The fourth-order valence-corrected chi connectivity index (χ4v) is 1.91. The van der Waals surface area contributed by atoms with Crippen molar-refractivity contribution in [2.75, 3.05) is 12.9 Å². The van der Waals surface area contributed by atoms with Gasteiger partial charge in [0, 0.05) is 23.4 Å². The molecule has 1 N–H and O–H groups in total. The van der Waals surface area contributed by atoms with Gasteiger partial charge in [-0.15, -0.1) is 0 Å². The molecule has 1 rings (SSSR count). The summed E-state index contributed by atoms with van der Waals surface area (Å²) in [5.41, 5.74) is 0.944. The SMILES string of the molecule is COC(=S)SC/C(=N/O)c1ccc([N+](=O)[O-])cc1. The maximum atomic E-state index is 10.5. The van der Waals surface area contributed by atoms with E-state index in [-0.39, 0.29) is 5.69 Å². The van der Waals surface area contributed by atoms with E-state index in [1.165, 1.54) is 43.1 Å². The summed E-state index contributed by atoms with van der Waals surface area (Å²) in [5.74, 6) is 0.320. The predicted molar refractivity (Wildman–Crippen MR) is 73.5 cm³/mol. The number of hydrogen-bond donors (Lipinski definition) is 1. The van der Waals surface area contributed by atoms with Gasteiger partial charge in [-0.1, -0.05) is 16.9 Å². The lowest BCUT2D eigenvalue weighted by atomic mass is 10.1. The number of methoxy groups -OCH3 is 1. The average Bonchev–Trinajstić information content (AvgIpc) is 2.39. The number of benzene rings is 1. The number of nitro groups is 1. The minimum Gasteiger partial charge on any atom is -0.482 e. The van der Waals surface area contributed by atoms with E-state index in [0.29, 0.717) is 21.4 Å². The van der Waals surface area contributed by atoms with Crippen molar-refractivity contribution < 1.29 is 14.9 Å². The second-order valence-corrected chi connectivity index (χ2v) is 4.67. The Labute approximate surface area is 113 Å². The number of nitro benzene ring substituents is 1. The molecule has 8 heteroatoms. The van der Waals surface area contributed by atoms with Gasteiger partial charge in [0.25, 0.3) is 5.69 Å². The van der Waals surface area contributed by atoms with E-state index in [4.69, 9.17) is 22.2 Å². The molecule has 0 saturated heterocycles. The van der Waals surface area contributed by atoms with Crippen LogP contribution < -0.4 is 0 Å². The number of thiocarbonyl (C=S) groups is 1. The number of oxime groups is 1. The molecular weight excluding hydrogens is 276 g/mol. The lowest BCUT2D eigenvalue weighted by molar-refractivity contribution is -0.384. The molecule has 0 heterocycles. The number of nitrogens with zero attached hydrogens (tertiary/aromatic N) is 2. The van der Waals surface area contributed by atoms with Crippen LogP contribution in [-0.2, 0) is 4.74 Å². The number of rotatable bonds is 4. The van der Waals surface area contributed by atoms with Gasteiger partial charge in [-0.05, 0) is 24.4 Å². The molecule has 1 aromatic rings. The van der Waals surface area contributed by atoms with Crippen LogP contribution in [-0.4, -0.2) is 33.1 Å². The van der Waals surface area contributed by atoms with Gasteiger partial charge in [-0.2, -0.15) is 0 Å². The van der Waals surface area contributed by atoms with E-state index in [2.05, 4.69) is 5.16 Å². The van der Waals surface area contributed by atoms with E-state index in [1.807, 2.05) is 0 Å². The molecule has 0 aliphatic rings. The fraction of sp³-hybridized carbons (Fsp3) is 0.200. The zero-order chi connectivity index (χ0) is 13.5. The first-order valence-electron chi connectivity index (χ1n) is 4.75. The highest BCUT2D eigenvalue weighted by Crippen LogP contribution is 2.15. The summed E-state index contributed by atoms with van der Waals surface area (Å²) >= 11 is 6.04. The van der Waals surface area contributed by atoms with Gasteiger partial charge in [-0.3, -0.25) is 10.1 Å². The lowest BCUT2D eigenvalue weighted by Gasteiger charge is -2.04.